The van der Waals surface area contributed by atoms with Gasteiger partial charge in [0.2, 0.25) is 0 Å². The van der Waals surface area contributed by atoms with Crippen molar-refractivity contribution in [2.24, 2.45) is 0 Å². The molecule has 0 aliphatic rings. The van der Waals surface area contributed by atoms with Crippen LogP contribution in [-0.2, 0) is 0 Å². The van der Waals surface area contributed by atoms with Crippen LogP contribution in [0.5, 0.6) is 0 Å². The van der Waals surface area contributed by atoms with E-state index in [1.54, 1.807) is 10.6 Å². The van der Waals surface area contributed by atoms with Gasteiger partial charge in [-0.1, -0.05) is 6.07 Å². The summed E-state index contributed by atoms with van der Waals surface area (Å²) in [7, 11) is 0. The van der Waals surface area contributed by atoms with Gasteiger partial charge >= 0.3 is 0 Å². The Labute approximate surface area is 69.9 Å². The molecule has 2 heterocycles. The number of nitriles is 1. The molecule has 0 spiro atoms. The van der Waals surface area contributed by atoms with Crippen LogP contribution in [0.3, 0.4) is 0 Å². The van der Waals surface area contributed by atoms with Gasteiger partial charge in [-0.2, -0.15) is 5.26 Å². The molecule has 2 rings (SSSR count). The molecule has 0 saturated heterocycles. The van der Waals surface area contributed by atoms with Crippen molar-refractivity contribution in [3.63, 3.8) is 0 Å². The Balaban J connectivity index is 2.91. The SMILES string of the molecule is Cc1cccn2c(C#N)cnc12. The Morgan fingerprint density at radius 1 is 1.58 bits per heavy atom. The van der Waals surface area contributed by atoms with Gasteiger partial charge in [0, 0.05) is 6.20 Å². The molecule has 0 aliphatic heterocycles. The average Bonchev–Trinajstić information content (AvgIpc) is 2.49. The Morgan fingerprint density at radius 3 is 3.17 bits per heavy atom. The smallest absolute Gasteiger partial charge is 0.144 e. The zero-order valence-corrected chi connectivity index (χ0v) is 6.65. The Kier molecular flexibility index (Phi) is 1.34. The number of hydrogen-bond donors (Lipinski definition) is 0. The van der Waals surface area contributed by atoms with Crippen molar-refractivity contribution < 1.29 is 0 Å². The number of rotatable bonds is 0. The third-order valence-electron chi connectivity index (χ3n) is 1.85. The fourth-order valence-electron chi connectivity index (χ4n) is 1.23. The lowest BCUT2D eigenvalue weighted by Crippen LogP contribution is -1.88. The molecule has 58 valence electrons. The van der Waals surface area contributed by atoms with E-state index in [9.17, 15) is 0 Å². The minimum Gasteiger partial charge on any atom is -0.291 e. The second-order valence-corrected chi connectivity index (χ2v) is 2.64. The molecule has 0 aliphatic carbocycles. The summed E-state index contributed by atoms with van der Waals surface area (Å²) in [5.74, 6) is 0. The summed E-state index contributed by atoms with van der Waals surface area (Å²) in [6, 6.07) is 5.96. The maximum Gasteiger partial charge on any atom is 0.144 e. The summed E-state index contributed by atoms with van der Waals surface area (Å²) in [5.41, 5.74) is 2.52. The molecule has 3 heteroatoms. The van der Waals surface area contributed by atoms with Crippen molar-refractivity contribution >= 4 is 5.65 Å². The van der Waals surface area contributed by atoms with E-state index in [4.69, 9.17) is 5.26 Å². The van der Waals surface area contributed by atoms with Gasteiger partial charge in [-0.3, -0.25) is 4.40 Å². The Morgan fingerprint density at radius 2 is 2.42 bits per heavy atom. The Hall–Kier alpha value is -1.82. The maximum absolute atomic E-state index is 8.70. The van der Waals surface area contributed by atoms with Crippen molar-refractivity contribution in [2.45, 2.75) is 6.92 Å². The van der Waals surface area contributed by atoms with E-state index < -0.39 is 0 Å². The molecule has 12 heavy (non-hydrogen) atoms. The molecule has 0 N–H and O–H groups in total. The van der Waals surface area contributed by atoms with Crippen LogP contribution in [0.4, 0.5) is 0 Å². The van der Waals surface area contributed by atoms with Gasteiger partial charge in [-0.25, -0.2) is 4.98 Å². The van der Waals surface area contributed by atoms with Crippen LogP contribution in [0.2, 0.25) is 0 Å². The molecule has 0 bridgehead atoms. The van der Waals surface area contributed by atoms with Gasteiger partial charge in [-0.15, -0.1) is 0 Å². The van der Waals surface area contributed by atoms with Gasteiger partial charge < -0.3 is 0 Å². The molecule has 2 aromatic heterocycles. The van der Waals surface area contributed by atoms with Gasteiger partial charge in [0.1, 0.15) is 17.4 Å². The summed E-state index contributed by atoms with van der Waals surface area (Å²) < 4.78 is 1.79. The minimum atomic E-state index is 0.578. The van der Waals surface area contributed by atoms with E-state index in [0.29, 0.717) is 5.69 Å². The molecule has 0 aromatic carbocycles. The first-order valence-corrected chi connectivity index (χ1v) is 3.65. The predicted molar refractivity (Wildman–Crippen MR) is 44.6 cm³/mol. The van der Waals surface area contributed by atoms with Crippen molar-refractivity contribution in [3.05, 3.63) is 35.8 Å². The number of imidazole rings is 1. The zero-order chi connectivity index (χ0) is 8.55. The van der Waals surface area contributed by atoms with E-state index in [1.165, 1.54) is 0 Å². The van der Waals surface area contributed by atoms with Crippen LogP contribution in [0, 0.1) is 18.3 Å². The summed E-state index contributed by atoms with van der Waals surface area (Å²) >= 11 is 0. The predicted octanol–water partition coefficient (Wildman–Crippen LogP) is 1.51. The molecule has 0 amide bonds. The molecular weight excluding hydrogens is 150 g/mol. The largest absolute Gasteiger partial charge is 0.291 e. The number of aromatic nitrogens is 2. The second kappa shape index (κ2) is 2.35. The summed E-state index contributed by atoms with van der Waals surface area (Å²) in [5, 5.41) is 8.70. The van der Waals surface area contributed by atoms with Crippen LogP contribution in [-0.4, -0.2) is 9.38 Å². The number of aryl methyl sites for hydroxylation is 1. The highest BCUT2D eigenvalue weighted by molar-refractivity contribution is 5.49. The normalized spacial score (nSPS) is 10.0. The number of nitrogens with zero attached hydrogens (tertiary/aromatic N) is 3. The molecule has 2 aromatic rings. The van der Waals surface area contributed by atoms with Crippen molar-refractivity contribution in [3.8, 4) is 6.07 Å². The standard InChI is InChI=1S/C9H7N3/c1-7-3-2-4-12-8(5-10)6-11-9(7)12/h2-4,6H,1H3. The van der Waals surface area contributed by atoms with Crippen LogP contribution in [0.1, 0.15) is 11.3 Å². The van der Waals surface area contributed by atoms with Crippen molar-refractivity contribution in [1.29, 1.82) is 5.26 Å². The fraction of sp³-hybridized carbons (Fsp3) is 0.111. The lowest BCUT2D eigenvalue weighted by molar-refractivity contribution is 1.14. The summed E-state index contributed by atoms with van der Waals surface area (Å²) in [4.78, 5) is 4.13. The molecule has 3 nitrogen and oxygen atoms in total. The molecule has 0 saturated carbocycles. The van der Waals surface area contributed by atoms with Gasteiger partial charge in [0.15, 0.2) is 0 Å². The van der Waals surface area contributed by atoms with Crippen LogP contribution < -0.4 is 0 Å². The fourth-order valence-corrected chi connectivity index (χ4v) is 1.23. The van der Waals surface area contributed by atoms with E-state index in [0.717, 1.165) is 11.2 Å². The second-order valence-electron chi connectivity index (χ2n) is 2.64. The van der Waals surface area contributed by atoms with Gasteiger partial charge in [0.05, 0.1) is 6.20 Å². The third-order valence-corrected chi connectivity index (χ3v) is 1.85. The monoisotopic (exact) mass is 157 g/mol. The number of pyridine rings is 1. The van der Waals surface area contributed by atoms with E-state index in [2.05, 4.69) is 11.1 Å². The van der Waals surface area contributed by atoms with Crippen molar-refractivity contribution in [2.75, 3.05) is 0 Å². The Bertz CT molecular complexity index is 462. The van der Waals surface area contributed by atoms with Crippen LogP contribution in [0.25, 0.3) is 5.65 Å². The summed E-state index contributed by atoms with van der Waals surface area (Å²) in [6.07, 6.45) is 3.43. The van der Waals surface area contributed by atoms with E-state index in [1.807, 2.05) is 25.3 Å². The molecule has 0 radical (unpaired) electrons. The van der Waals surface area contributed by atoms with Crippen LogP contribution in [0.15, 0.2) is 24.5 Å². The van der Waals surface area contributed by atoms with E-state index >= 15 is 0 Å². The van der Waals surface area contributed by atoms with Crippen molar-refractivity contribution in [1.82, 2.24) is 9.38 Å². The first-order valence-electron chi connectivity index (χ1n) is 3.65. The molecule has 0 fully saturated rings. The lowest BCUT2D eigenvalue weighted by atomic mass is 10.3. The lowest BCUT2D eigenvalue weighted by Gasteiger charge is -1.95. The number of hydrogen-bond acceptors (Lipinski definition) is 2. The number of fused-ring (bicyclic) bond motifs is 1. The molecule has 0 unspecified atom stereocenters. The van der Waals surface area contributed by atoms with E-state index in [-0.39, 0.29) is 0 Å². The molecular formula is C9H7N3. The zero-order valence-electron chi connectivity index (χ0n) is 6.65. The topological polar surface area (TPSA) is 41.1 Å². The average molecular weight is 157 g/mol. The van der Waals surface area contributed by atoms with Gasteiger partial charge in [-0.05, 0) is 18.6 Å². The highest BCUT2D eigenvalue weighted by Crippen LogP contribution is 2.09. The highest BCUT2D eigenvalue weighted by Gasteiger charge is 2.02. The maximum atomic E-state index is 8.70. The minimum absolute atomic E-state index is 0.578. The summed E-state index contributed by atoms with van der Waals surface area (Å²) in [6.45, 7) is 1.98. The first-order chi connectivity index (χ1) is 5.83. The van der Waals surface area contributed by atoms with Gasteiger partial charge in [0.25, 0.3) is 0 Å². The molecule has 0 atom stereocenters. The highest BCUT2D eigenvalue weighted by atomic mass is 15.0. The van der Waals surface area contributed by atoms with Crippen LogP contribution >= 0.6 is 0 Å². The quantitative estimate of drug-likeness (QED) is 0.581. The first kappa shape index (κ1) is 6.86. The third kappa shape index (κ3) is 0.785.